The maximum absolute atomic E-state index is 6.32. The number of aromatic nitrogens is 3. The zero-order valence-electron chi connectivity index (χ0n) is 10.6. The Hall–Kier alpha value is -1.33. The second-order valence-corrected chi connectivity index (χ2v) is 5.41. The molecule has 3 N–H and O–H groups in total. The molecule has 0 fully saturated rings. The van der Waals surface area contributed by atoms with Crippen molar-refractivity contribution >= 4 is 11.8 Å². The van der Waals surface area contributed by atoms with E-state index >= 15 is 0 Å². The standard InChI is InChI=1S/C13H18N4S/c1-3-11(18-13-15-9(2)16-17-13)12(14)10-7-5-4-6-8-10/h4-8,11-12H,3,14H2,1-2H3,(H,15,16,17). The van der Waals surface area contributed by atoms with Crippen LogP contribution in [0.3, 0.4) is 0 Å². The first-order chi connectivity index (χ1) is 8.70. The summed E-state index contributed by atoms with van der Waals surface area (Å²) in [4.78, 5) is 4.32. The summed E-state index contributed by atoms with van der Waals surface area (Å²) in [7, 11) is 0. The molecule has 5 heteroatoms. The smallest absolute Gasteiger partial charge is 0.208 e. The van der Waals surface area contributed by atoms with E-state index in [-0.39, 0.29) is 11.3 Å². The molecule has 0 radical (unpaired) electrons. The van der Waals surface area contributed by atoms with Gasteiger partial charge in [-0.1, -0.05) is 49.0 Å². The first-order valence-corrected chi connectivity index (χ1v) is 6.95. The molecule has 1 aromatic carbocycles. The highest BCUT2D eigenvalue weighted by molar-refractivity contribution is 7.99. The molecule has 4 nitrogen and oxygen atoms in total. The van der Waals surface area contributed by atoms with Gasteiger partial charge in [0.05, 0.1) is 0 Å². The summed E-state index contributed by atoms with van der Waals surface area (Å²) in [5.41, 5.74) is 7.47. The van der Waals surface area contributed by atoms with Crippen molar-refractivity contribution in [3.05, 3.63) is 41.7 Å². The van der Waals surface area contributed by atoms with Crippen molar-refractivity contribution in [2.75, 3.05) is 0 Å². The molecule has 0 spiro atoms. The maximum Gasteiger partial charge on any atom is 0.208 e. The number of nitrogens with two attached hydrogens (primary N) is 1. The van der Waals surface area contributed by atoms with E-state index < -0.39 is 0 Å². The van der Waals surface area contributed by atoms with E-state index in [0.29, 0.717) is 0 Å². The topological polar surface area (TPSA) is 67.6 Å². The fourth-order valence-electron chi connectivity index (χ4n) is 1.81. The second-order valence-electron chi connectivity index (χ2n) is 4.20. The number of H-pyrrole nitrogens is 1. The summed E-state index contributed by atoms with van der Waals surface area (Å²) in [6.45, 7) is 4.04. The Morgan fingerprint density at radius 3 is 2.61 bits per heavy atom. The molecule has 2 rings (SSSR count). The molecule has 0 bridgehead atoms. The first-order valence-electron chi connectivity index (χ1n) is 6.07. The fourth-order valence-corrected chi connectivity index (χ4v) is 2.84. The Morgan fingerprint density at radius 1 is 1.33 bits per heavy atom. The minimum atomic E-state index is 0.00000567. The molecule has 0 saturated heterocycles. The lowest BCUT2D eigenvalue weighted by Gasteiger charge is -2.21. The van der Waals surface area contributed by atoms with Gasteiger partial charge in [-0.2, -0.15) is 0 Å². The number of aromatic amines is 1. The van der Waals surface area contributed by atoms with Gasteiger partial charge in [0, 0.05) is 11.3 Å². The fraction of sp³-hybridized carbons (Fsp3) is 0.385. The zero-order chi connectivity index (χ0) is 13.0. The minimum absolute atomic E-state index is 0.00000567. The third kappa shape index (κ3) is 3.11. The summed E-state index contributed by atoms with van der Waals surface area (Å²) in [6, 6.07) is 10.2. The van der Waals surface area contributed by atoms with Gasteiger partial charge in [-0.15, -0.1) is 5.10 Å². The van der Waals surface area contributed by atoms with E-state index in [1.807, 2.05) is 25.1 Å². The van der Waals surface area contributed by atoms with E-state index in [1.54, 1.807) is 11.8 Å². The summed E-state index contributed by atoms with van der Waals surface area (Å²) >= 11 is 1.63. The molecule has 96 valence electrons. The molecule has 2 aromatic rings. The van der Waals surface area contributed by atoms with Crippen LogP contribution < -0.4 is 5.73 Å². The van der Waals surface area contributed by atoms with Crippen molar-refractivity contribution in [3.8, 4) is 0 Å². The lowest BCUT2D eigenvalue weighted by Crippen LogP contribution is -2.23. The maximum atomic E-state index is 6.32. The number of hydrogen-bond donors (Lipinski definition) is 2. The average molecular weight is 262 g/mol. The van der Waals surface area contributed by atoms with Gasteiger partial charge in [-0.25, -0.2) is 4.98 Å². The van der Waals surface area contributed by atoms with Crippen molar-refractivity contribution < 1.29 is 0 Å². The predicted molar refractivity (Wildman–Crippen MR) is 74.4 cm³/mol. The number of aryl methyl sites for hydroxylation is 1. The quantitative estimate of drug-likeness (QED) is 0.813. The van der Waals surface area contributed by atoms with Gasteiger partial charge in [0.15, 0.2) is 0 Å². The van der Waals surface area contributed by atoms with Gasteiger partial charge < -0.3 is 5.73 Å². The second kappa shape index (κ2) is 6.02. The Labute approximate surface area is 111 Å². The van der Waals surface area contributed by atoms with Crippen molar-refractivity contribution in [1.82, 2.24) is 15.2 Å². The Kier molecular flexibility index (Phi) is 4.38. The van der Waals surface area contributed by atoms with E-state index in [9.17, 15) is 0 Å². The number of nitrogens with zero attached hydrogens (tertiary/aromatic N) is 2. The SMILES string of the molecule is CCC(Sc1n[nH]c(C)n1)C(N)c1ccccc1. The summed E-state index contributed by atoms with van der Waals surface area (Å²) < 4.78 is 0. The Morgan fingerprint density at radius 2 is 2.06 bits per heavy atom. The van der Waals surface area contributed by atoms with Gasteiger partial charge in [-0.05, 0) is 18.9 Å². The summed E-state index contributed by atoms with van der Waals surface area (Å²) in [6.07, 6.45) is 0.980. The van der Waals surface area contributed by atoms with E-state index in [0.717, 1.165) is 23.0 Å². The van der Waals surface area contributed by atoms with Crippen LogP contribution in [0.2, 0.25) is 0 Å². The van der Waals surface area contributed by atoms with Crippen LogP contribution in [0.4, 0.5) is 0 Å². The molecule has 0 aliphatic carbocycles. The normalized spacial score (nSPS) is 14.4. The van der Waals surface area contributed by atoms with Crippen LogP contribution >= 0.6 is 11.8 Å². The molecule has 0 amide bonds. The number of thioether (sulfide) groups is 1. The number of nitrogens with one attached hydrogen (secondary N) is 1. The van der Waals surface area contributed by atoms with Gasteiger partial charge in [0.25, 0.3) is 0 Å². The molecule has 2 unspecified atom stereocenters. The monoisotopic (exact) mass is 262 g/mol. The van der Waals surface area contributed by atoms with Gasteiger partial charge >= 0.3 is 0 Å². The van der Waals surface area contributed by atoms with Crippen LogP contribution in [-0.2, 0) is 0 Å². The van der Waals surface area contributed by atoms with Crippen LogP contribution in [0, 0.1) is 6.92 Å². The molecule has 18 heavy (non-hydrogen) atoms. The van der Waals surface area contributed by atoms with Crippen molar-refractivity contribution in [2.24, 2.45) is 5.73 Å². The van der Waals surface area contributed by atoms with E-state index in [4.69, 9.17) is 5.73 Å². The molecule has 0 saturated carbocycles. The van der Waals surface area contributed by atoms with E-state index in [2.05, 4.69) is 34.2 Å². The highest BCUT2D eigenvalue weighted by atomic mass is 32.2. The highest BCUT2D eigenvalue weighted by Gasteiger charge is 2.20. The summed E-state index contributed by atoms with van der Waals surface area (Å²) in [5.74, 6) is 0.834. The minimum Gasteiger partial charge on any atom is -0.323 e. The molecule has 0 aliphatic rings. The highest BCUT2D eigenvalue weighted by Crippen LogP contribution is 2.30. The van der Waals surface area contributed by atoms with Crippen LogP contribution in [-0.4, -0.2) is 20.4 Å². The molecular weight excluding hydrogens is 244 g/mol. The lowest BCUT2D eigenvalue weighted by molar-refractivity contribution is 0.654. The molecular formula is C13H18N4S. The summed E-state index contributed by atoms with van der Waals surface area (Å²) in [5, 5.41) is 8.05. The van der Waals surface area contributed by atoms with Crippen LogP contribution in [0.1, 0.15) is 30.8 Å². The third-order valence-electron chi connectivity index (χ3n) is 2.82. The Bertz CT molecular complexity index is 483. The molecule has 1 heterocycles. The molecule has 1 aromatic heterocycles. The van der Waals surface area contributed by atoms with Crippen LogP contribution in [0.25, 0.3) is 0 Å². The number of rotatable bonds is 5. The van der Waals surface area contributed by atoms with Gasteiger partial charge in [0.1, 0.15) is 5.82 Å². The van der Waals surface area contributed by atoms with Crippen molar-refractivity contribution in [2.45, 2.75) is 36.7 Å². The first kappa shape index (κ1) is 13.1. The zero-order valence-corrected chi connectivity index (χ0v) is 11.4. The van der Waals surface area contributed by atoms with Crippen molar-refractivity contribution in [3.63, 3.8) is 0 Å². The van der Waals surface area contributed by atoms with Gasteiger partial charge in [-0.3, -0.25) is 5.10 Å². The van der Waals surface area contributed by atoms with Crippen LogP contribution in [0.5, 0.6) is 0 Å². The predicted octanol–water partition coefficient (Wildman–Crippen LogP) is 2.68. The largest absolute Gasteiger partial charge is 0.323 e. The average Bonchev–Trinajstić information content (AvgIpc) is 2.82. The lowest BCUT2D eigenvalue weighted by atomic mass is 10.0. The van der Waals surface area contributed by atoms with Gasteiger partial charge in [0.2, 0.25) is 5.16 Å². The molecule has 0 aliphatic heterocycles. The number of benzene rings is 1. The van der Waals surface area contributed by atoms with E-state index in [1.165, 1.54) is 0 Å². The third-order valence-corrected chi connectivity index (χ3v) is 4.14. The van der Waals surface area contributed by atoms with Crippen molar-refractivity contribution in [1.29, 1.82) is 0 Å². The van der Waals surface area contributed by atoms with Crippen LogP contribution in [0.15, 0.2) is 35.5 Å². The molecule has 2 atom stereocenters. The Balaban J connectivity index is 2.09. The number of hydrogen-bond acceptors (Lipinski definition) is 4.